The van der Waals surface area contributed by atoms with Gasteiger partial charge in [0.05, 0.1) is 16.4 Å². The highest BCUT2D eigenvalue weighted by Gasteiger charge is 2.24. The van der Waals surface area contributed by atoms with Crippen LogP contribution in [-0.4, -0.2) is 27.7 Å². The molecule has 3 N–H and O–H groups in total. The Labute approximate surface area is 179 Å². The molecule has 0 bridgehead atoms. The maximum atomic E-state index is 13.3. The first-order valence-corrected chi connectivity index (χ1v) is 10.2. The first-order chi connectivity index (χ1) is 14.6. The molecule has 0 radical (unpaired) electrons. The van der Waals surface area contributed by atoms with E-state index in [9.17, 15) is 4.39 Å². The summed E-state index contributed by atoms with van der Waals surface area (Å²) in [4.78, 5) is 8.71. The normalized spacial score (nSPS) is 14.8. The highest BCUT2D eigenvalue weighted by atomic mass is 35.5. The SMILES string of the molecule is OCCCC1Cc2ncnc(Nc3ccc(OCc4cccc(F)c4)c(Cl)c3)c2N1. The Bertz CT molecular complexity index is 1030. The summed E-state index contributed by atoms with van der Waals surface area (Å²) in [7, 11) is 0. The highest BCUT2D eigenvalue weighted by molar-refractivity contribution is 6.32. The Morgan fingerprint density at radius 3 is 2.93 bits per heavy atom. The van der Waals surface area contributed by atoms with E-state index in [1.54, 1.807) is 24.3 Å². The van der Waals surface area contributed by atoms with Crippen LogP contribution in [0.25, 0.3) is 0 Å². The molecule has 1 aromatic heterocycles. The second kappa shape index (κ2) is 9.28. The van der Waals surface area contributed by atoms with Crippen molar-refractivity contribution in [3.8, 4) is 5.75 Å². The number of fused-ring (bicyclic) bond motifs is 1. The third kappa shape index (κ3) is 4.80. The predicted octanol–water partition coefficient (Wildman–Crippen LogP) is 4.70. The van der Waals surface area contributed by atoms with Gasteiger partial charge in [0, 0.05) is 24.8 Å². The number of aromatic nitrogens is 2. The minimum Gasteiger partial charge on any atom is -0.487 e. The summed E-state index contributed by atoms with van der Waals surface area (Å²) in [5.41, 5.74) is 3.32. The van der Waals surface area contributed by atoms with E-state index in [1.807, 2.05) is 6.07 Å². The topological polar surface area (TPSA) is 79.3 Å². The summed E-state index contributed by atoms with van der Waals surface area (Å²) >= 11 is 6.38. The Hall–Kier alpha value is -2.90. The number of nitrogens with one attached hydrogen (secondary N) is 2. The molecular formula is C22H22ClFN4O2. The number of rotatable bonds is 8. The summed E-state index contributed by atoms with van der Waals surface area (Å²) in [6, 6.07) is 11.9. The van der Waals surface area contributed by atoms with Gasteiger partial charge in [0.2, 0.25) is 0 Å². The molecule has 3 aromatic rings. The molecule has 0 amide bonds. The van der Waals surface area contributed by atoms with Crippen molar-refractivity contribution in [2.45, 2.75) is 31.9 Å². The van der Waals surface area contributed by atoms with Gasteiger partial charge in [0.15, 0.2) is 5.82 Å². The second-order valence-electron chi connectivity index (χ2n) is 7.14. The van der Waals surface area contributed by atoms with Gasteiger partial charge in [0.1, 0.15) is 24.5 Å². The zero-order valence-electron chi connectivity index (χ0n) is 16.2. The Kier molecular flexibility index (Phi) is 6.30. The number of benzene rings is 2. The van der Waals surface area contributed by atoms with Crippen LogP contribution in [0.5, 0.6) is 5.75 Å². The molecule has 8 heteroatoms. The van der Waals surface area contributed by atoms with E-state index in [-0.39, 0.29) is 25.1 Å². The Balaban J connectivity index is 1.43. The lowest BCUT2D eigenvalue weighted by atomic mass is 10.1. The fraction of sp³-hybridized carbons (Fsp3) is 0.273. The zero-order valence-corrected chi connectivity index (χ0v) is 17.0. The van der Waals surface area contributed by atoms with E-state index in [0.29, 0.717) is 16.6 Å². The summed E-state index contributed by atoms with van der Waals surface area (Å²) in [6.07, 6.45) is 3.96. The van der Waals surface area contributed by atoms with Gasteiger partial charge < -0.3 is 20.5 Å². The van der Waals surface area contributed by atoms with Gasteiger partial charge in [-0.25, -0.2) is 14.4 Å². The van der Waals surface area contributed by atoms with E-state index < -0.39 is 0 Å². The highest BCUT2D eigenvalue weighted by Crippen LogP contribution is 2.35. The van der Waals surface area contributed by atoms with Gasteiger partial charge in [-0.3, -0.25) is 0 Å². The van der Waals surface area contributed by atoms with Crippen molar-refractivity contribution >= 4 is 28.8 Å². The number of anilines is 3. The lowest BCUT2D eigenvalue weighted by Gasteiger charge is -2.14. The smallest absolute Gasteiger partial charge is 0.157 e. The first-order valence-electron chi connectivity index (χ1n) is 9.77. The Morgan fingerprint density at radius 2 is 2.13 bits per heavy atom. The lowest BCUT2D eigenvalue weighted by Crippen LogP contribution is -2.16. The summed E-state index contributed by atoms with van der Waals surface area (Å²) in [6.45, 7) is 0.403. The van der Waals surface area contributed by atoms with Gasteiger partial charge in [-0.15, -0.1) is 0 Å². The van der Waals surface area contributed by atoms with Crippen LogP contribution in [0.1, 0.15) is 24.1 Å². The molecule has 2 aromatic carbocycles. The molecule has 1 unspecified atom stereocenters. The molecule has 0 aliphatic carbocycles. The molecule has 0 spiro atoms. The number of aliphatic hydroxyl groups is 1. The summed E-state index contributed by atoms with van der Waals surface area (Å²) < 4.78 is 19.0. The average Bonchev–Trinajstić information content (AvgIpc) is 3.16. The molecule has 6 nitrogen and oxygen atoms in total. The maximum Gasteiger partial charge on any atom is 0.157 e. The van der Waals surface area contributed by atoms with E-state index in [0.717, 1.165) is 41.9 Å². The standard InChI is InChI=1S/C22H22ClFN4O2/c23-18-10-17(6-7-20(18)30-12-14-3-1-4-15(24)9-14)28-22-21-19(25-13-26-22)11-16(27-21)5-2-8-29/h1,3-4,6-7,9-10,13,16,27,29H,2,5,8,11-12H2,(H,25,26,28). The van der Waals surface area contributed by atoms with Gasteiger partial charge in [-0.05, 0) is 48.7 Å². The predicted molar refractivity (Wildman–Crippen MR) is 115 cm³/mol. The van der Waals surface area contributed by atoms with Crippen LogP contribution in [0.2, 0.25) is 5.02 Å². The molecule has 1 atom stereocenters. The van der Waals surface area contributed by atoms with Crippen molar-refractivity contribution in [1.82, 2.24) is 9.97 Å². The minimum absolute atomic E-state index is 0.178. The molecule has 4 rings (SSSR count). The first kappa shape index (κ1) is 20.4. The monoisotopic (exact) mass is 428 g/mol. The third-order valence-corrected chi connectivity index (χ3v) is 5.20. The largest absolute Gasteiger partial charge is 0.487 e. The van der Waals surface area contributed by atoms with E-state index in [2.05, 4.69) is 20.6 Å². The van der Waals surface area contributed by atoms with Crippen LogP contribution >= 0.6 is 11.6 Å². The van der Waals surface area contributed by atoms with E-state index >= 15 is 0 Å². The van der Waals surface area contributed by atoms with Crippen LogP contribution in [0.15, 0.2) is 48.8 Å². The molecule has 0 fully saturated rings. The number of nitrogens with zero attached hydrogens (tertiary/aromatic N) is 2. The quantitative estimate of drug-likeness (QED) is 0.482. The van der Waals surface area contributed by atoms with Gasteiger partial charge in [-0.2, -0.15) is 0 Å². The lowest BCUT2D eigenvalue weighted by molar-refractivity contribution is 0.281. The molecular weight excluding hydrogens is 407 g/mol. The number of aliphatic hydroxyl groups excluding tert-OH is 1. The summed E-state index contributed by atoms with van der Waals surface area (Å²) in [5.74, 6) is 0.893. The van der Waals surface area contributed by atoms with Gasteiger partial charge in [0.25, 0.3) is 0 Å². The summed E-state index contributed by atoms with van der Waals surface area (Å²) in [5, 5.41) is 16.2. The van der Waals surface area contributed by atoms with Crippen LogP contribution in [0.3, 0.4) is 0 Å². The van der Waals surface area contributed by atoms with Crippen LogP contribution in [0.4, 0.5) is 21.6 Å². The van der Waals surface area contributed by atoms with Crippen molar-refractivity contribution in [3.05, 3.63) is 70.9 Å². The van der Waals surface area contributed by atoms with Crippen molar-refractivity contribution < 1.29 is 14.2 Å². The number of halogens is 2. The van der Waals surface area contributed by atoms with E-state index in [4.69, 9.17) is 21.4 Å². The second-order valence-corrected chi connectivity index (χ2v) is 7.55. The number of ether oxygens (including phenoxy) is 1. The zero-order chi connectivity index (χ0) is 20.9. The number of hydrogen-bond acceptors (Lipinski definition) is 6. The average molecular weight is 429 g/mol. The fourth-order valence-electron chi connectivity index (χ4n) is 3.44. The minimum atomic E-state index is -0.300. The molecule has 0 saturated heterocycles. The van der Waals surface area contributed by atoms with E-state index in [1.165, 1.54) is 18.5 Å². The fourth-order valence-corrected chi connectivity index (χ4v) is 3.68. The number of hydrogen-bond donors (Lipinski definition) is 3. The molecule has 30 heavy (non-hydrogen) atoms. The molecule has 1 aliphatic heterocycles. The molecule has 2 heterocycles. The van der Waals surface area contributed by atoms with Crippen molar-refractivity contribution in [1.29, 1.82) is 0 Å². The van der Waals surface area contributed by atoms with Crippen LogP contribution in [-0.2, 0) is 13.0 Å². The van der Waals surface area contributed by atoms with Crippen molar-refractivity contribution in [3.63, 3.8) is 0 Å². The molecule has 156 valence electrons. The van der Waals surface area contributed by atoms with Gasteiger partial charge in [-0.1, -0.05) is 23.7 Å². The molecule has 1 aliphatic rings. The van der Waals surface area contributed by atoms with Crippen molar-refractivity contribution in [2.24, 2.45) is 0 Å². The van der Waals surface area contributed by atoms with Crippen molar-refractivity contribution in [2.75, 3.05) is 17.2 Å². The van der Waals surface area contributed by atoms with Crippen LogP contribution in [0, 0.1) is 5.82 Å². The third-order valence-electron chi connectivity index (χ3n) is 4.90. The van der Waals surface area contributed by atoms with Gasteiger partial charge >= 0.3 is 0 Å². The molecule has 0 saturated carbocycles. The maximum absolute atomic E-state index is 13.3. The van der Waals surface area contributed by atoms with Crippen LogP contribution < -0.4 is 15.4 Å². The Morgan fingerprint density at radius 1 is 1.23 bits per heavy atom.